The Morgan fingerprint density at radius 3 is 2.62 bits per heavy atom. The van der Waals surface area contributed by atoms with Gasteiger partial charge in [0.2, 0.25) is 0 Å². The molecule has 1 aliphatic carbocycles. The smallest absolute Gasteiger partial charge is 0.170 e. The van der Waals surface area contributed by atoms with Crippen molar-refractivity contribution in [1.82, 2.24) is 9.78 Å². The second kappa shape index (κ2) is 8.13. The number of aromatic nitrogens is 2. The molecule has 1 fully saturated rings. The zero-order chi connectivity index (χ0) is 16.8. The van der Waals surface area contributed by atoms with Crippen LogP contribution in [0.3, 0.4) is 0 Å². The molecule has 0 aliphatic heterocycles. The van der Waals surface area contributed by atoms with Crippen molar-refractivity contribution in [3.05, 3.63) is 36.0 Å². The zero-order valence-corrected chi connectivity index (χ0v) is 14.4. The topological polar surface area (TPSA) is 44.1 Å². The van der Waals surface area contributed by atoms with E-state index in [4.69, 9.17) is 4.74 Å². The van der Waals surface area contributed by atoms with Crippen LogP contribution in [-0.4, -0.2) is 22.7 Å². The van der Waals surface area contributed by atoms with Crippen molar-refractivity contribution >= 4 is 6.29 Å². The van der Waals surface area contributed by atoms with Crippen LogP contribution in [0.2, 0.25) is 0 Å². The molecule has 0 spiro atoms. The molecule has 0 N–H and O–H groups in total. The molecule has 0 saturated heterocycles. The van der Waals surface area contributed by atoms with Gasteiger partial charge in [-0.1, -0.05) is 32.6 Å². The average Bonchev–Trinajstić information content (AvgIpc) is 3.08. The molecule has 128 valence electrons. The van der Waals surface area contributed by atoms with Crippen molar-refractivity contribution in [3.8, 4) is 17.0 Å². The minimum Gasteiger partial charge on any atom is -0.494 e. The van der Waals surface area contributed by atoms with Crippen LogP contribution in [-0.2, 0) is 0 Å². The summed E-state index contributed by atoms with van der Waals surface area (Å²) in [5.74, 6) is 0.895. The fourth-order valence-electron chi connectivity index (χ4n) is 3.35. The van der Waals surface area contributed by atoms with Crippen molar-refractivity contribution in [2.24, 2.45) is 0 Å². The zero-order valence-electron chi connectivity index (χ0n) is 14.4. The molecule has 1 saturated carbocycles. The normalized spacial score (nSPS) is 15.4. The van der Waals surface area contributed by atoms with Crippen LogP contribution in [0.25, 0.3) is 11.3 Å². The Morgan fingerprint density at radius 1 is 1.21 bits per heavy atom. The van der Waals surface area contributed by atoms with Crippen LogP contribution in [0.15, 0.2) is 30.3 Å². The molecule has 0 radical (unpaired) electrons. The van der Waals surface area contributed by atoms with E-state index in [0.717, 1.165) is 55.6 Å². The summed E-state index contributed by atoms with van der Waals surface area (Å²) in [4.78, 5) is 11.2. The van der Waals surface area contributed by atoms with Crippen molar-refractivity contribution in [3.63, 3.8) is 0 Å². The first-order valence-corrected chi connectivity index (χ1v) is 9.09. The van der Waals surface area contributed by atoms with Gasteiger partial charge in [-0.3, -0.25) is 9.48 Å². The number of aldehydes is 1. The van der Waals surface area contributed by atoms with Gasteiger partial charge in [0.25, 0.3) is 0 Å². The van der Waals surface area contributed by atoms with Gasteiger partial charge in [-0.2, -0.15) is 5.10 Å². The lowest BCUT2D eigenvalue weighted by Gasteiger charge is -2.24. The van der Waals surface area contributed by atoms with Gasteiger partial charge in [-0.25, -0.2) is 0 Å². The van der Waals surface area contributed by atoms with E-state index in [9.17, 15) is 4.79 Å². The Labute approximate surface area is 143 Å². The highest BCUT2D eigenvalue weighted by atomic mass is 16.5. The molecule has 1 aromatic carbocycles. The van der Waals surface area contributed by atoms with Crippen molar-refractivity contribution in [1.29, 1.82) is 0 Å². The van der Waals surface area contributed by atoms with Gasteiger partial charge >= 0.3 is 0 Å². The van der Waals surface area contributed by atoms with E-state index in [2.05, 4.69) is 28.8 Å². The van der Waals surface area contributed by atoms with Crippen LogP contribution >= 0.6 is 0 Å². The molecular weight excluding hydrogens is 300 g/mol. The maximum atomic E-state index is 11.2. The number of carbonyl (C=O) groups excluding carboxylic acids is 1. The summed E-state index contributed by atoms with van der Waals surface area (Å²) < 4.78 is 7.80. The average molecular weight is 326 g/mol. The lowest BCUT2D eigenvalue weighted by atomic mass is 9.95. The van der Waals surface area contributed by atoms with Gasteiger partial charge in [-0.05, 0) is 49.6 Å². The number of ether oxygens (including phenoxy) is 1. The number of hydrogen-bond acceptors (Lipinski definition) is 3. The summed E-state index contributed by atoms with van der Waals surface area (Å²) in [7, 11) is 0. The summed E-state index contributed by atoms with van der Waals surface area (Å²) in [5.41, 5.74) is 2.63. The van der Waals surface area contributed by atoms with Crippen LogP contribution < -0.4 is 4.74 Å². The number of carbonyl (C=O) groups is 1. The highest BCUT2D eigenvalue weighted by Crippen LogP contribution is 2.33. The molecule has 1 aromatic heterocycles. The predicted octanol–water partition coefficient (Wildman–Crippen LogP) is 5.05. The summed E-state index contributed by atoms with van der Waals surface area (Å²) in [6.45, 7) is 2.91. The van der Waals surface area contributed by atoms with Gasteiger partial charge in [0.1, 0.15) is 11.4 Å². The van der Waals surface area contributed by atoms with Gasteiger partial charge in [-0.15, -0.1) is 0 Å². The van der Waals surface area contributed by atoms with Gasteiger partial charge in [0, 0.05) is 5.56 Å². The Hall–Kier alpha value is -2.10. The third kappa shape index (κ3) is 3.86. The molecule has 4 nitrogen and oxygen atoms in total. The van der Waals surface area contributed by atoms with E-state index in [0.29, 0.717) is 11.7 Å². The SMILES string of the molecule is CCCCOc1ccc(-c2cc(C=O)nn2C2CCCCC2)cc1. The second-order valence-electron chi connectivity index (χ2n) is 6.54. The first-order chi connectivity index (χ1) is 11.8. The standard InChI is InChI=1S/C20H26N2O2/c1-2-3-13-24-19-11-9-16(10-12-19)20-14-17(15-23)21-22(20)18-7-5-4-6-8-18/h9-12,14-15,18H,2-8,13H2,1H3. The van der Waals surface area contributed by atoms with E-state index in [-0.39, 0.29) is 0 Å². The monoisotopic (exact) mass is 326 g/mol. The minimum atomic E-state index is 0.405. The Morgan fingerprint density at radius 2 is 1.96 bits per heavy atom. The highest BCUT2D eigenvalue weighted by Gasteiger charge is 2.20. The second-order valence-corrected chi connectivity index (χ2v) is 6.54. The van der Waals surface area contributed by atoms with Crippen molar-refractivity contribution in [2.75, 3.05) is 6.61 Å². The van der Waals surface area contributed by atoms with E-state index in [1.807, 2.05) is 18.2 Å². The molecular formula is C20H26N2O2. The summed E-state index contributed by atoms with van der Waals surface area (Å²) >= 11 is 0. The number of nitrogens with zero attached hydrogens (tertiary/aromatic N) is 2. The number of hydrogen-bond donors (Lipinski definition) is 0. The first kappa shape index (κ1) is 16.7. The highest BCUT2D eigenvalue weighted by molar-refractivity contribution is 5.75. The van der Waals surface area contributed by atoms with E-state index < -0.39 is 0 Å². The summed E-state index contributed by atoms with van der Waals surface area (Å²) in [6.07, 6.45) is 9.11. The maximum Gasteiger partial charge on any atom is 0.170 e. The summed E-state index contributed by atoms with van der Waals surface area (Å²) in [6, 6.07) is 10.4. The maximum absolute atomic E-state index is 11.2. The number of unbranched alkanes of at least 4 members (excludes halogenated alkanes) is 1. The quantitative estimate of drug-likeness (QED) is 0.528. The molecule has 0 bridgehead atoms. The Bertz CT molecular complexity index is 655. The lowest BCUT2D eigenvalue weighted by molar-refractivity contribution is 0.111. The molecule has 1 heterocycles. The fourth-order valence-corrected chi connectivity index (χ4v) is 3.35. The molecule has 2 aromatic rings. The van der Waals surface area contributed by atoms with Crippen LogP contribution in [0.5, 0.6) is 5.75 Å². The molecule has 0 amide bonds. The fraction of sp³-hybridized carbons (Fsp3) is 0.500. The third-order valence-corrected chi connectivity index (χ3v) is 4.71. The van der Waals surface area contributed by atoms with Crippen LogP contribution in [0, 0.1) is 0 Å². The van der Waals surface area contributed by atoms with E-state index >= 15 is 0 Å². The molecule has 1 aliphatic rings. The van der Waals surface area contributed by atoms with E-state index in [1.165, 1.54) is 19.3 Å². The van der Waals surface area contributed by atoms with Gasteiger partial charge in [0.15, 0.2) is 6.29 Å². The summed E-state index contributed by atoms with van der Waals surface area (Å²) in [5, 5.41) is 4.53. The molecule has 0 atom stereocenters. The third-order valence-electron chi connectivity index (χ3n) is 4.71. The predicted molar refractivity (Wildman–Crippen MR) is 95.6 cm³/mol. The lowest BCUT2D eigenvalue weighted by Crippen LogP contribution is -2.15. The minimum absolute atomic E-state index is 0.405. The Kier molecular flexibility index (Phi) is 5.68. The van der Waals surface area contributed by atoms with Crippen molar-refractivity contribution in [2.45, 2.75) is 57.9 Å². The van der Waals surface area contributed by atoms with Crippen LogP contribution in [0.1, 0.15) is 68.4 Å². The van der Waals surface area contributed by atoms with Crippen molar-refractivity contribution < 1.29 is 9.53 Å². The van der Waals surface area contributed by atoms with E-state index in [1.54, 1.807) is 0 Å². The Balaban J connectivity index is 1.82. The first-order valence-electron chi connectivity index (χ1n) is 9.09. The molecule has 3 rings (SSSR count). The van der Waals surface area contributed by atoms with Gasteiger partial charge in [0.05, 0.1) is 18.3 Å². The largest absolute Gasteiger partial charge is 0.494 e. The number of rotatable bonds is 7. The number of benzene rings is 1. The molecule has 0 unspecified atom stereocenters. The van der Waals surface area contributed by atoms with Gasteiger partial charge < -0.3 is 4.74 Å². The molecule has 24 heavy (non-hydrogen) atoms. The molecule has 4 heteroatoms. The van der Waals surface area contributed by atoms with Crippen LogP contribution in [0.4, 0.5) is 0 Å².